The van der Waals surface area contributed by atoms with Crippen LogP contribution in [0.25, 0.3) is 0 Å². The second-order valence-electron chi connectivity index (χ2n) is 7.27. The molecule has 1 atom stereocenters. The maximum Gasteiger partial charge on any atom is 0.234 e. The number of nitrogens with one attached hydrogen (secondary N) is 1. The van der Waals surface area contributed by atoms with Crippen molar-refractivity contribution in [1.29, 1.82) is 0 Å². The number of carbonyl (C=O) groups excluding carboxylic acids is 1. The SMILES string of the molecule is C[C@@H](c1ccccc1)N(CC(=O)NC1CCOCC1)CC1CCC1. The van der Waals surface area contributed by atoms with Gasteiger partial charge in [-0.15, -0.1) is 0 Å². The van der Waals surface area contributed by atoms with Crippen LogP contribution in [-0.4, -0.2) is 43.2 Å². The van der Waals surface area contributed by atoms with E-state index in [0.29, 0.717) is 6.54 Å². The van der Waals surface area contributed by atoms with E-state index in [9.17, 15) is 4.79 Å². The largest absolute Gasteiger partial charge is 0.381 e. The predicted molar refractivity (Wildman–Crippen MR) is 95.8 cm³/mol. The first kappa shape index (κ1) is 17.4. The van der Waals surface area contributed by atoms with E-state index in [2.05, 4.69) is 41.4 Å². The molecule has 1 aromatic rings. The molecule has 24 heavy (non-hydrogen) atoms. The van der Waals surface area contributed by atoms with E-state index in [1.165, 1.54) is 24.8 Å². The maximum absolute atomic E-state index is 12.6. The summed E-state index contributed by atoms with van der Waals surface area (Å²) in [6.07, 6.45) is 5.82. The van der Waals surface area contributed by atoms with Gasteiger partial charge in [-0.1, -0.05) is 36.8 Å². The Morgan fingerprint density at radius 1 is 1.21 bits per heavy atom. The lowest BCUT2D eigenvalue weighted by molar-refractivity contribution is -0.124. The first-order valence-electron chi connectivity index (χ1n) is 9.38. The second kappa shape index (κ2) is 8.63. The van der Waals surface area contributed by atoms with Crippen molar-refractivity contribution in [3.8, 4) is 0 Å². The summed E-state index contributed by atoms with van der Waals surface area (Å²) in [5, 5.41) is 3.20. The fraction of sp³-hybridized carbons (Fsp3) is 0.650. The molecule has 1 amide bonds. The Bertz CT molecular complexity index is 510. The van der Waals surface area contributed by atoms with Crippen LogP contribution in [0.15, 0.2) is 30.3 Å². The van der Waals surface area contributed by atoms with E-state index in [1.54, 1.807) is 0 Å². The summed E-state index contributed by atoms with van der Waals surface area (Å²) in [6.45, 7) is 5.26. The summed E-state index contributed by atoms with van der Waals surface area (Å²) in [6, 6.07) is 11.1. The zero-order chi connectivity index (χ0) is 16.8. The highest BCUT2D eigenvalue weighted by molar-refractivity contribution is 5.78. The van der Waals surface area contributed by atoms with E-state index in [1.807, 2.05) is 6.07 Å². The number of hydrogen-bond donors (Lipinski definition) is 1. The highest BCUT2D eigenvalue weighted by atomic mass is 16.5. The summed E-state index contributed by atoms with van der Waals surface area (Å²) in [7, 11) is 0. The van der Waals surface area contributed by atoms with E-state index >= 15 is 0 Å². The van der Waals surface area contributed by atoms with E-state index in [0.717, 1.165) is 38.5 Å². The van der Waals surface area contributed by atoms with Gasteiger partial charge in [-0.3, -0.25) is 9.69 Å². The normalized spacial score (nSPS) is 20.6. The van der Waals surface area contributed by atoms with Crippen molar-refractivity contribution in [2.45, 2.75) is 51.1 Å². The van der Waals surface area contributed by atoms with Crippen LogP contribution in [0.4, 0.5) is 0 Å². The minimum Gasteiger partial charge on any atom is -0.381 e. The van der Waals surface area contributed by atoms with Crippen molar-refractivity contribution in [3.05, 3.63) is 35.9 Å². The summed E-state index contributed by atoms with van der Waals surface area (Å²) in [5.74, 6) is 0.913. The van der Waals surface area contributed by atoms with E-state index < -0.39 is 0 Å². The van der Waals surface area contributed by atoms with Crippen LogP contribution >= 0.6 is 0 Å². The molecule has 0 unspecified atom stereocenters. The van der Waals surface area contributed by atoms with Gasteiger partial charge >= 0.3 is 0 Å². The third-order valence-electron chi connectivity index (χ3n) is 5.48. The summed E-state index contributed by atoms with van der Waals surface area (Å²) in [4.78, 5) is 14.9. The number of rotatable bonds is 7. The van der Waals surface area contributed by atoms with Gasteiger partial charge in [0.2, 0.25) is 5.91 Å². The van der Waals surface area contributed by atoms with Crippen LogP contribution in [0.3, 0.4) is 0 Å². The van der Waals surface area contributed by atoms with Crippen LogP contribution in [0.5, 0.6) is 0 Å². The fourth-order valence-electron chi connectivity index (χ4n) is 3.61. The first-order valence-corrected chi connectivity index (χ1v) is 9.38. The lowest BCUT2D eigenvalue weighted by Crippen LogP contribution is -2.46. The molecule has 0 spiro atoms. The number of benzene rings is 1. The summed E-state index contributed by atoms with van der Waals surface area (Å²) < 4.78 is 5.37. The highest BCUT2D eigenvalue weighted by Crippen LogP contribution is 2.30. The number of nitrogens with zero attached hydrogens (tertiary/aromatic N) is 1. The van der Waals surface area contributed by atoms with Crippen molar-refractivity contribution in [3.63, 3.8) is 0 Å². The third-order valence-corrected chi connectivity index (χ3v) is 5.48. The molecule has 2 fully saturated rings. The van der Waals surface area contributed by atoms with Crippen LogP contribution in [-0.2, 0) is 9.53 Å². The van der Waals surface area contributed by atoms with E-state index in [4.69, 9.17) is 4.74 Å². The average molecular weight is 330 g/mol. The molecule has 1 heterocycles. The van der Waals surface area contributed by atoms with Gasteiger partial charge in [-0.05, 0) is 44.1 Å². The molecule has 3 rings (SSSR count). The Balaban J connectivity index is 1.59. The van der Waals surface area contributed by atoms with Crippen molar-refractivity contribution in [2.24, 2.45) is 5.92 Å². The molecule has 4 nitrogen and oxygen atoms in total. The van der Waals surface area contributed by atoms with Gasteiger partial charge in [0, 0.05) is 31.8 Å². The quantitative estimate of drug-likeness (QED) is 0.835. The lowest BCUT2D eigenvalue weighted by atomic mass is 9.84. The first-order chi connectivity index (χ1) is 11.7. The predicted octanol–water partition coefficient (Wildman–Crippen LogP) is 3.14. The van der Waals surface area contributed by atoms with Crippen molar-refractivity contribution in [2.75, 3.05) is 26.3 Å². The standard InChI is InChI=1S/C20H30N2O2/c1-16(18-8-3-2-4-9-18)22(14-17-6-5-7-17)15-20(23)21-19-10-12-24-13-11-19/h2-4,8-9,16-17,19H,5-7,10-15H2,1H3,(H,21,23)/t16-/m0/s1. The van der Waals surface area contributed by atoms with Crippen LogP contribution < -0.4 is 5.32 Å². The van der Waals surface area contributed by atoms with Crippen LogP contribution in [0.2, 0.25) is 0 Å². The molecule has 1 saturated heterocycles. The smallest absolute Gasteiger partial charge is 0.234 e. The van der Waals surface area contributed by atoms with Gasteiger partial charge in [-0.25, -0.2) is 0 Å². The van der Waals surface area contributed by atoms with Gasteiger partial charge in [0.05, 0.1) is 6.54 Å². The van der Waals surface area contributed by atoms with Gasteiger partial charge in [0.15, 0.2) is 0 Å². The molecule has 0 aromatic heterocycles. The highest BCUT2D eigenvalue weighted by Gasteiger charge is 2.26. The Morgan fingerprint density at radius 3 is 2.54 bits per heavy atom. The Kier molecular flexibility index (Phi) is 6.27. The number of amides is 1. The molecular weight excluding hydrogens is 300 g/mol. The van der Waals surface area contributed by atoms with Gasteiger partial charge in [-0.2, -0.15) is 0 Å². The number of hydrogen-bond acceptors (Lipinski definition) is 3. The van der Waals surface area contributed by atoms with Crippen molar-refractivity contribution < 1.29 is 9.53 Å². The van der Waals surface area contributed by atoms with Gasteiger partial charge in [0.1, 0.15) is 0 Å². The minimum absolute atomic E-state index is 0.156. The average Bonchev–Trinajstić information content (AvgIpc) is 2.58. The number of ether oxygens (including phenoxy) is 1. The maximum atomic E-state index is 12.6. The molecular formula is C20H30N2O2. The lowest BCUT2D eigenvalue weighted by Gasteiger charge is -2.36. The van der Waals surface area contributed by atoms with Gasteiger partial charge in [0.25, 0.3) is 0 Å². The topological polar surface area (TPSA) is 41.6 Å². The molecule has 1 aliphatic carbocycles. The van der Waals surface area contributed by atoms with E-state index in [-0.39, 0.29) is 18.0 Å². The minimum atomic E-state index is 0.156. The fourth-order valence-corrected chi connectivity index (χ4v) is 3.61. The zero-order valence-electron chi connectivity index (χ0n) is 14.7. The number of carbonyl (C=O) groups is 1. The Morgan fingerprint density at radius 2 is 1.92 bits per heavy atom. The second-order valence-corrected chi connectivity index (χ2v) is 7.27. The molecule has 1 saturated carbocycles. The Labute approximate surface area is 145 Å². The molecule has 2 aliphatic rings. The third kappa shape index (κ3) is 4.81. The van der Waals surface area contributed by atoms with Crippen molar-refractivity contribution >= 4 is 5.91 Å². The molecule has 1 aliphatic heterocycles. The summed E-state index contributed by atoms with van der Waals surface area (Å²) in [5.41, 5.74) is 1.29. The molecule has 4 heteroatoms. The molecule has 0 radical (unpaired) electrons. The zero-order valence-corrected chi connectivity index (χ0v) is 14.7. The van der Waals surface area contributed by atoms with Crippen LogP contribution in [0, 0.1) is 5.92 Å². The molecule has 1 aromatic carbocycles. The molecule has 132 valence electrons. The van der Waals surface area contributed by atoms with Gasteiger partial charge < -0.3 is 10.1 Å². The molecule has 0 bridgehead atoms. The monoisotopic (exact) mass is 330 g/mol. The Hall–Kier alpha value is -1.39. The van der Waals surface area contributed by atoms with Crippen molar-refractivity contribution in [1.82, 2.24) is 10.2 Å². The van der Waals surface area contributed by atoms with Crippen LogP contribution in [0.1, 0.15) is 50.6 Å². The molecule has 1 N–H and O–H groups in total. The summed E-state index contributed by atoms with van der Waals surface area (Å²) >= 11 is 0.